The Balaban J connectivity index is 0.00000529. The van der Waals surface area contributed by atoms with Crippen molar-refractivity contribution >= 4 is 29.9 Å². The normalized spacial score (nSPS) is 17.8. The van der Waals surface area contributed by atoms with Crippen LogP contribution in [0, 0.1) is 11.8 Å². The van der Waals surface area contributed by atoms with Gasteiger partial charge < -0.3 is 24.8 Å². The molecule has 24 heavy (non-hydrogen) atoms. The van der Waals surface area contributed by atoms with Crippen LogP contribution >= 0.6 is 24.0 Å². The standard InChI is InChI=1S/C17H35N3O3.HI/c1-15(2)12-21-9-4-7-19-17(18-3)20-8-5-10-22-13-16-6-11-23-14-16;/h15-16H,4-14H2,1-3H3,(H2,18,19,20);1H. The number of nitrogens with one attached hydrogen (secondary N) is 2. The molecule has 1 aliphatic rings. The van der Waals surface area contributed by atoms with Crippen molar-refractivity contribution in [2.24, 2.45) is 16.8 Å². The molecule has 1 unspecified atom stereocenters. The van der Waals surface area contributed by atoms with E-state index in [4.69, 9.17) is 14.2 Å². The summed E-state index contributed by atoms with van der Waals surface area (Å²) >= 11 is 0. The van der Waals surface area contributed by atoms with Crippen LogP contribution < -0.4 is 10.6 Å². The van der Waals surface area contributed by atoms with Gasteiger partial charge in [-0.25, -0.2) is 0 Å². The van der Waals surface area contributed by atoms with Gasteiger partial charge in [0.15, 0.2) is 5.96 Å². The molecule has 0 spiro atoms. The molecule has 0 aromatic carbocycles. The minimum atomic E-state index is 0. The lowest BCUT2D eigenvalue weighted by Crippen LogP contribution is -2.38. The van der Waals surface area contributed by atoms with Gasteiger partial charge in [-0.3, -0.25) is 4.99 Å². The number of rotatable bonds is 12. The minimum Gasteiger partial charge on any atom is -0.381 e. The van der Waals surface area contributed by atoms with E-state index in [1.165, 1.54) is 0 Å². The van der Waals surface area contributed by atoms with E-state index in [2.05, 4.69) is 29.5 Å². The zero-order valence-electron chi connectivity index (χ0n) is 15.5. The number of guanidine groups is 1. The lowest BCUT2D eigenvalue weighted by atomic mass is 10.1. The smallest absolute Gasteiger partial charge is 0.190 e. The molecule has 1 saturated heterocycles. The van der Waals surface area contributed by atoms with Gasteiger partial charge in [-0.2, -0.15) is 0 Å². The minimum absolute atomic E-state index is 0. The molecule has 1 heterocycles. The average molecular weight is 457 g/mol. The number of hydrogen-bond acceptors (Lipinski definition) is 4. The number of halogens is 1. The van der Waals surface area contributed by atoms with Gasteiger partial charge in [0.2, 0.25) is 0 Å². The molecule has 0 aromatic rings. The van der Waals surface area contributed by atoms with Crippen molar-refractivity contribution < 1.29 is 14.2 Å². The fourth-order valence-corrected chi connectivity index (χ4v) is 2.27. The summed E-state index contributed by atoms with van der Waals surface area (Å²) in [4.78, 5) is 4.21. The van der Waals surface area contributed by atoms with Crippen molar-refractivity contribution in [3.63, 3.8) is 0 Å². The quantitative estimate of drug-likeness (QED) is 0.204. The van der Waals surface area contributed by atoms with Gasteiger partial charge in [-0.1, -0.05) is 13.8 Å². The Labute approximate surface area is 164 Å². The average Bonchev–Trinajstić information content (AvgIpc) is 3.04. The van der Waals surface area contributed by atoms with Crippen molar-refractivity contribution in [1.29, 1.82) is 0 Å². The van der Waals surface area contributed by atoms with E-state index >= 15 is 0 Å². The highest BCUT2D eigenvalue weighted by molar-refractivity contribution is 14.0. The van der Waals surface area contributed by atoms with Gasteiger partial charge in [-0.05, 0) is 25.2 Å². The first-order chi connectivity index (χ1) is 11.2. The first-order valence-electron chi connectivity index (χ1n) is 8.90. The maximum absolute atomic E-state index is 5.68. The Hall–Kier alpha value is -0.120. The Kier molecular flexibility index (Phi) is 16.3. The van der Waals surface area contributed by atoms with Crippen molar-refractivity contribution in [1.82, 2.24) is 10.6 Å². The molecule has 0 radical (unpaired) electrons. The van der Waals surface area contributed by atoms with E-state index < -0.39 is 0 Å². The van der Waals surface area contributed by atoms with Gasteiger partial charge in [0.25, 0.3) is 0 Å². The summed E-state index contributed by atoms with van der Waals surface area (Å²) in [7, 11) is 1.79. The van der Waals surface area contributed by atoms with Crippen LogP contribution in [-0.4, -0.2) is 65.7 Å². The lowest BCUT2D eigenvalue weighted by molar-refractivity contribution is 0.0888. The molecule has 0 bridgehead atoms. The summed E-state index contributed by atoms with van der Waals surface area (Å²) in [5.74, 6) is 2.04. The number of aliphatic imine (C=N–C) groups is 1. The molecule has 2 N–H and O–H groups in total. The third-order valence-corrected chi connectivity index (χ3v) is 3.57. The molecule has 6 nitrogen and oxygen atoms in total. The second-order valence-corrected chi connectivity index (χ2v) is 6.41. The zero-order chi connectivity index (χ0) is 16.8. The molecule has 0 amide bonds. The van der Waals surface area contributed by atoms with Crippen LogP contribution in [0.3, 0.4) is 0 Å². The number of ether oxygens (including phenoxy) is 3. The van der Waals surface area contributed by atoms with Crippen LogP contribution in [0.25, 0.3) is 0 Å². The molecule has 1 rings (SSSR count). The van der Waals surface area contributed by atoms with Gasteiger partial charge in [-0.15, -0.1) is 24.0 Å². The Morgan fingerprint density at radius 2 is 1.83 bits per heavy atom. The third-order valence-electron chi connectivity index (χ3n) is 3.57. The van der Waals surface area contributed by atoms with E-state index in [0.29, 0.717) is 11.8 Å². The zero-order valence-corrected chi connectivity index (χ0v) is 17.8. The van der Waals surface area contributed by atoms with Crippen LogP contribution in [0.5, 0.6) is 0 Å². The van der Waals surface area contributed by atoms with E-state index in [0.717, 1.165) is 78.0 Å². The van der Waals surface area contributed by atoms with E-state index in [1.807, 2.05) is 0 Å². The predicted molar refractivity (Wildman–Crippen MR) is 109 cm³/mol. The van der Waals surface area contributed by atoms with Crippen LogP contribution in [0.2, 0.25) is 0 Å². The molecule has 144 valence electrons. The highest BCUT2D eigenvalue weighted by atomic mass is 127. The monoisotopic (exact) mass is 457 g/mol. The predicted octanol–water partition coefficient (Wildman–Crippen LogP) is 2.28. The van der Waals surface area contributed by atoms with Crippen molar-refractivity contribution in [3.05, 3.63) is 0 Å². The van der Waals surface area contributed by atoms with Gasteiger partial charge >= 0.3 is 0 Å². The van der Waals surface area contributed by atoms with E-state index in [-0.39, 0.29) is 24.0 Å². The topological polar surface area (TPSA) is 64.1 Å². The van der Waals surface area contributed by atoms with Crippen molar-refractivity contribution in [2.75, 3.05) is 59.8 Å². The maximum atomic E-state index is 5.68. The summed E-state index contributed by atoms with van der Waals surface area (Å²) in [5, 5.41) is 6.60. The molecule has 1 aliphatic heterocycles. The summed E-state index contributed by atoms with van der Waals surface area (Å²) < 4.78 is 16.6. The van der Waals surface area contributed by atoms with E-state index in [9.17, 15) is 0 Å². The molecule has 0 aromatic heterocycles. The molecular formula is C17H36IN3O3. The molecule has 0 saturated carbocycles. The Morgan fingerprint density at radius 3 is 2.38 bits per heavy atom. The molecular weight excluding hydrogens is 421 g/mol. The van der Waals surface area contributed by atoms with Crippen molar-refractivity contribution in [3.8, 4) is 0 Å². The van der Waals surface area contributed by atoms with Gasteiger partial charge in [0.1, 0.15) is 0 Å². The highest BCUT2D eigenvalue weighted by Crippen LogP contribution is 2.12. The maximum Gasteiger partial charge on any atom is 0.190 e. The lowest BCUT2D eigenvalue weighted by Gasteiger charge is -2.13. The summed E-state index contributed by atoms with van der Waals surface area (Å²) in [5.41, 5.74) is 0. The number of hydrogen-bond donors (Lipinski definition) is 2. The first-order valence-corrected chi connectivity index (χ1v) is 8.90. The molecule has 1 fully saturated rings. The van der Waals surface area contributed by atoms with Gasteiger partial charge in [0.05, 0.1) is 13.2 Å². The van der Waals surface area contributed by atoms with Crippen LogP contribution in [0.15, 0.2) is 4.99 Å². The summed E-state index contributed by atoms with van der Waals surface area (Å²) in [6.45, 7) is 11.0. The van der Waals surface area contributed by atoms with Crippen LogP contribution in [-0.2, 0) is 14.2 Å². The summed E-state index contributed by atoms with van der Waals surface area (Å²) in [6.07, 6.45) is 3.10. The summed E-state index contributed by atoms with van der Waals surface area (Å²) in [6, 6.07) is 0. The van der Waals surface area contributed by atoms with Crippen LogP contribution in [0.4, 0.5) is 0 Å². The van der Waals surface area contributed by atoms with Crippen LogP contribution in [0.1, 0.15) is 33.1 Å². The molecule has 7 heteroatoms. The molecule has 1 atom stereocenters. The Bertz CT molecular complexity index is 311. The van der Waals surface area contributed by atoms with Crippen molar-refractivity contribution in [2.45, 2.75) is 33.1 Å². The number of nitrogens with zero attached hydrogens (tertiary/aromatic N) is 1. The molecule has 0 aliphatic carbocycles. The van der Waals surface area contributed by atoms with Gasteiger partial charge in [0, 0.05) is 52.5 Å². The first kappa shape index (κ1) is 23.9. The SMILES string of the molecule is CN=C(NCCCOCC(C)C)NCCCOCC1CCOC1.I. The second-order valence-electron chi connectivity index (χ2n) is 6.41. The third kappa shape index (κ3) is 13.2. The fourth-order valence-electron chi connectivity index (χ4n) is 2.27. The Morgan fingerprint density at radius 1 is 1.17 bits per heavy atom. The second kappa shape index (κ2) is 16.4. The highest BCUT2D eigenvalue weighted by Gasteiger charge is 2.15. The largest absolute Gasteiger partial charge is 0.381 e. The van der Waals surface area contributed by atoms with E-state index in [1.54, 1.807) is 7.05 Å². The fraction of sp³-hybridized carbons (Fsp3) is 0.941.